The maximum Gasteiger partial charge on any atom is 0.259 e. The fourth-order valence-electron chi connectivity index (χ4n) is 2.19. The predicted molar refractivity (Wildman–Crippen MR) is 95.0 cm³/mol. The minimum atomic E-state index is -0.189. The molecule has 0 atom stereocenters. The fourth-order valence-corrected chi connectivity index (χ4v) is 2.67. The lowest BCUT2D eigenvalue weighted by molar-refractivity contribution is 1.13. The zero-order valence-electron chi connectivity index (χ0n) is 11.7. The minimum Gasteiger partial charge on any atom is -0.305 e. The molecule has 0 spiro atoms. The molecule has 0 unspecified atom stereocenters. The first kappa shape index (κ1) is 15.0. The van der Waals surface area contributed by atoms with Crippen molar-refractivity contribution in [3.05, 3.63) is 74.2 Å². The molecule has 3 rings (SSSR count). The second-order valence-electron chi connectivity index (χ2n) is 4.93. The maximum atomic E-state index is 12.2. The number of nitrogens with zero attached hydrogens (tertiary/aromatic N) is 1. The van der Waals surface area contributed by atoms with Crippen molar-refractivity contribution in [1.82, 2.24) is 9.97 Å². The summed E-state index contributed by atoms with van der Waals surface area (Å²) in [7, 11) is 0. The van der Waals surface area contributed by atoms with Crippen LogP contribution in [0.1, 0.15) is 17.0 Å². The molecule has 22 heavy (non-hydrogen) atoms. The Morgan fingerprint density at radius 1 is 1.23 bits per heavy atom. The normalized spacial score (nSPS) is 11.9. The molecule has 110 valence electrons. The Morgan fingerprint density at radius 3 is 2.68 bits per heavy atom. The van der Waals surface area contributed by atoms with E-state index in [2.05, 4.69) is 25.9 Å². The van der Waals surface area contributed by atoms with E-state index in [-0.39, 0.29) is 5.56 Å². The first-order valence-electron chi connectivity index (χ1n) is 6.67. The van der Waals surface area contributed by atoms with Gasteiger partial charge in [0.15, 0.2) is 5.82 Å². The van der Waals surface area contributed by atoms with E-state index in [1.54, 1.807) is 12.1 Å². The number of aromatic nitrogens is 2. The number of rotatable bonds is 2. The van der Waals surface area contributed by atoms with Gasteiger partial charge in [0.1, 0.15) is 0 Å². The molecular weight excluding hydrogens is 364 g/mol. The van der Waals surface area contributed by atoms with Crippen LogP contribution in [0.2, 0.25) is 0 Å². The lowest BCUT2D eigenvalue weighted by atomic mass is 10.1. The molecule has 1 aromatic heterocycles. The molecule has 0 aliphatic carbocycles. The molecule has 1 N–H and O–H groups in total. The van der Waals surface area contributed by atoms with Crippen LogP contribution in [0.4, 0.5) is 0 Å². The molecule has 0 radical (unpaired) electrons. The van der Waals surface area contributed by atoms with Crippen LogP contribution in [-0.2, 0) is 0 Å². The largest absolute Gasteiger partial charge is 0.305 e. The summed E-state index contributed by atoms with van der Waals surface area (Å²) in [5, 5.41) is 0.960. The third kappa shape index (κ3) is 2.98. The third-order valence-electron chi connectivity index (χ3n) is 3.33. The van der Waals surface area contributed by atoms with Crippen LogP contribution in [0.15, 0.2) is 51.7 Å². The van der Waals surface area contributed by atoms with Crippen LogP contribution in [0, 0.1) is 6.92 Å². The van der Waals surface area contributed by atoms with E-state index in [9.17, 15) is 4.79 Å². The van der Waals surface area contributed by atoms with Crippen molar-refractivity contribution in [2.75, 3.05) is 0 Å². The number of hydrogen-bond acceptors (Lipinski definition) is 2. The molecule has 3 nitrogen and oxygen atoms in total. The summed E-state index contributed by atoms with van der Waals surface area (Å²) >= 11 is 9.71. The summed E-state index contributed by atoms with van der Waals surface area (Å²) in [6, 6.07) is 13.2. The van der Waals surface area contributed by atoms with Crippen molar-refractivity contribution in [3.8, 4) is 0 Å². The summed E-state index contributed by atoms with van der Waals surface area (Å²) in [6.07, 6.45) is 1.77. The average molecular weight is 376 g/mol. The lowest BCUT2D eigenvalue weighted by Crippen LogP contribution is -2.11. The topological polar surface area (TPSA) is 45.8 Å². The van der Waals surface area contributed by atoms with Crippen LogP contribution in [-0.4, -0.2) is 9.97 Å². The standard InChI is InChI=1S/C17H12BrClN2O/c1-10-3-2-4-13-15(10)20-16(21-17(13)22)14(19)9-11-5-7-12(18)8-6-11/h2-9H,1H3,(H,20,21,22)/b14-9-. The highest BCUT2D eigenvalue weighted by Crippen LogP contribution is 2.21. The summed E-state index contributed by atoms with van der Waals surface area (Å²) in [6.45, 7) is 1.92. The van der Waals surface area contributed by atoms with Crippen molar-refractivity contribution in [1.29, 1.82) is 0 Å². The smallest absolute Gasteiger partial charge is 0.259 e. The van der Waals surface area contributed by atoms with Gasteiger partial charge in [-0.2, -0.15) is 0 Å². The van der Waals surface area contributed by atoms with Crippen LogP contribution < -0.4 is 5.56 Å². The quantitative estimate of drug-likeness (QED) is 0.704. The van der Waals surface area contributed by atoms with Crippen LogP contribution in [0.5, 0.6) is 0 Å². The van der Waals surface area contributed by atoms with Gasteiger partial charge in [-0.15, -0.1) is 0 Å². The SMILES string of the molecule is Cc1cccc2c(=O)[nH]c(/C(Cl)=C/c3ccc(Br)cc3)nc12. The fraction of sp³-hybridized carbons (Fsp3) is 0.0588. The molecule has 0 aliphatic heterocycles. The first-order chi connectivity index (χ1) is 10.5. The second kappa shape index (κ2) is 6.07. The van der Waals surface area contributed by atoms with Gasteiger partial charge in [0.2, 0.25) is 0 Å². The molecule has 1 heterocycles. The Labute approximate surface area is 140 Å². The molecule has 5 heteroatoms. The molecule has 0 amide bonds. The highest BCUT2D eigenvalue weighted by Gasteiger charge is 2.08. The van der Waals surface area contributed by atoms with Crippen molar-refractivity contribution < 1.29 is 0 Å². The predicted octanol–water partition coefficient (Wildman–Crippen LogP) is 4.73. The van der Waals surface area contributed by atoms with Crippen molar-refractivity contribution in [2.24, 2.45) is 0 Å². The number of fused-ring (bicyclic) bond motifs is 1. The Kier molecular flexibility index (Phi) is 4.14. The number of para-hydroxylation sites is 1. The molecule has 0 bridgehead atoms. The van der Waals surface area contributed by atoms with Crippen molar-refractivity contribution in [2.45, 2.75) is 6.92 Å². The number of H-pyrrole nitrogens is 1. The Bertz CT molecular complexity index is 930. The van der Waals surface area contributed by atoms with Crippen molar-refractivity contribution >= 4 is 49.5 Å². The van der Waals surface area contributed by atoms with E-state index in [0.29, 0.717) is 21.8 Å². The number of halogens is 2. The van der Waals surface area contributed by atoms with Gasteiger partial charge in [0, 0.05) is 4.47 Å². The monoisotopic (exact) mass is 374 g/mol. The van der Waals surface area contributed by atoms with Gasteiger partial charge in [-0.25, -0.2) is 4.98 Å². The minimum absolute atomic E-state index is 0.189. The molecular formula is C17H12BrClN2O. The Balaban J connectivity index is 2.11. The third-order valence-corrected chi connectivity index (χ3v) is 4.14. The van der Waals surface area contributed by atoms with E-state index in [4.69, 9.17) is 11.6 Å². The van der Waals surface area contributed by atoms with Gasteiger partial charge >= 0.3 is 0 Å². The van der Waals surface area contributed by atoms with E-state index >= 15 is 0 Å². The first-order valence-corrected chi connectivity index (χ1v) is 7.84. The van der Waals surface area contributed by atoms with Gasteiger partial charge < -0.3 is 4.98 Å². The average Bonchev–Trinajstić information content (AvgIpc) is 2.50. The molecule has 0 fully saturated rings. The van der Waals surface area contributed by atoms with Gasteiger partial charge in [-0.05, 0) is 42.3 Å². The zero-order valence-corrected chi connectivity index (χ0v) is 14.1. The highest BCUT2D eigenvalue weighted by molar-refractivity contribution is 9.10. The zero-order chi connectivity index (χ0) is 15.7. The highest BCUT2D eigenvalue weighted by atomic mass is 79.9. The van der Waals surface area contributed by atoms with E-state index < -0.39 is 0 Å². The number of aromatic amines is 1. The number of aryl methyl sites for hydroxylation is 1. The number of benzene rings is 2. The summed E-state index contributed by atoms with van der Waals surface area (Å²) in [4.78, 5) is 19.4. The van der Waals surface area contributed by atoms with Gasteiger partial charge in [-0.1, -0.05) is 51.8 Å². The summed E-state index contributed by atoms with van der Waals surface area (Å²) < 4.78 is 0.994. The van der Waals surface area contributed by atoms with Crippen molar-refractivity contribution in [3.63, 3.8) is 0 Å². The Hall–Kier alpha value is -1.91. The lowest BCUT2D eigenvalue weighted by Gasteiger charge is -2.04. The van der Waals surface area contributed by atoms with Crippen LogP contribution in [0.3, 0.4) is 0 Å². The second-order valence-corrected chi connectivity index (χ2v) is 6.25. The molecule has 2 aromatic carbocycles. The Morgan fingerprint density at radius 2 is 1.95 bits per heavy atom. The van der Waals surface area contributed by atoms with Gasteiger partial charge in [0.05, 0.1) is 15.9 Å². The van der Waals surface area contributed by atoms with Gasteiger partial charge in [-0.3, -0.25) is 4.79 Å². The number of nitrogens with one attached hydrogen (secondary N) is 1. The molecule has 0 saturated carbocycles. The number of hydrogen-bond donors (Lipinski definition) is 1. The van der Waals surface area contributed by atoms with Crippen LogP contribution >= 0.6 is 27.5 Å². The molecule has 0 aliphatic rings. The molecule has 0 saturated heterocycles. The molecule has 3 aromatic rings. The van der Waals surface area contributed by atoms with Crippen LogP contribution in [0.25, 0.3) is 22.0 Å². The van der Waals surface area contributed by atoms with E-state index in [1.807, 2.05) is 43.3 Å². The van der Waals surface area contributed by atoms with E-state index in [0.717, 1.165) is 15.6 Å². The maximum absolute atomic E-state index is 12.2. The van der Waals surface area contributed by atoms with E-state index in [1.165, 1.54) is 0 Å². The summed E-state index contributed by atoms with van der Waals surface area (Å²) in [5.41, 5.74) is 2.35. The van der Waals surface area contributed by atoms with Gasteiger partial charge in [0.25, 0.3) is 5.56 Å². The summed E-state index contributed by atoms with van der Waals surface area (Å²) in [5.74, 6) is 0.372.